The smallest absolute Gasteiger partial charge is 0.253 e. The molecule has 4 heterocycles. The SMILES string of the molecule is CCCC(CNC(=O)c1cnc2c(cnn2C(C)C)c1)NC(=O)c1cnc2c(cnn2C(C)C)c1. The molecule has 10 heteroatoms. The van der Waals surface area contributed by atoms with Crippen LogP contribution >= 0.6 is 0 Å². The van der Waals surface area contributed by atoms with Crippen molar-refractivity contribution in [3.8, 4) is 0 Å². The summed E-state index contributed by atoms with van der Waals surface area (Å²) in [6.45, 7) is 10.5. The summed E-state index contributed by atoms with van der Waals surface area (Å²) in [6.07, 6.45) is 8.15. The molecule has 0 spiro atoms. The number of pyridine rings is 2. The first-order valence-corrected chi connectivity index (χ1v) is 12.0. The Balaban J connectivity index is 1.41. The molecule has 184 valence electrons. The number of nitrogens with zero attached hydrogens (tertiary/aromatic N) is 6. The molecule has 1 unspecified atom stereocenters. The van der Waals surface area contributed by atoms with Crippen molar-refractivity contribution in [2.75, 3.05) is 6.54 Å². The molecule has 35 heavy (non-hydrogen) atoms. The summed E-state index contributed by atoms with van der Waals surface area (Å²) in [6, 6.07) is 3.73. The first-order valence-electron chi connectivity index (χ1n) is 12.0. The number of fused-ring (bicyclic) bond motifs is 2. The average Bonchev–Trinajstić information content (AvgIpc) is 3.45. The van der Waals surface area contributed by atoms with Gasteiger partial charge in [0.25, 0.3) is 11.8 Å². The van der Waals surface area contributed by atoms with Crippen molar-refractivity contribution in [1.82, 2.24) is 40.2 Å². The first-order chi connectivity index (χ1) is 16.8. The van der Waals surface area contributed by atoms with Crippen molar-refractivity contribution in [2.24, 2.45) is 0 Å². The van der Waals surface area contributed by atoms with Crippen LogP contribution in [0.15, 0.2) is 36.9 Å². The van der Waals surface area contributed by atoms with E-state index in [2.05, 4.69) is 30.8 Å². The molecule has 4 aromatic rings. The quantitative estimate of drug-likeness (QED) is 0.380. The fourth-order valence-corrected chi connectivity index (χ4v) is 4.04. The van der Waals surface area contributed by atoms with Gasteiger partial charge in [-0.1, -0.05) is 13.3 Å². The molecule has 0 aromatic carbocycles. The van der Waals surface area contributed by atoms with E-state index in [1.165, 1.54) is 0 Å². The van der Waals surface area contributed by atoms with Gasteiger partial charge < -0.3 is 10.6 Å². The van der Waals surface area contributed by atoms with Gasteiger partial charge in [0.1, 0.15) is 0 Å². The van der Waals surface area contributed by atoms with E-state index in [0.717, 1.165) is 34.9 Å². The van der Waals surface area contributed by atoms with Crippen LogP contribution in [0, 0.1) is 0 Å². The molecule has 10 nitrogen and oxygen atoms in total. The summed E-state index contributed by atoms with van der Waals surface area (Å²) in [7, 11) is 0. The molecule has 2 amide bonds. The highest BCUT2D eigenvalue weighted by atomic mass is 16.2. The fourth-order valence-electron chi connectivity index (χ4n) is 4.04. The third-order valence-electron chi connectivity index (χ3n) is 5.85. The van der Waals surface area contributed by atoms with Crippen molar-refractivity contribution in [3.63, 3.8) is 0 Å². The molecule has 0 aliphatic heterocycles. The Morgan fingerprint density at radius 2 is 1.34 bits per heavy atom. The Kier molecular flexibility index (Phi) is 7.09. The Hall–Kier alpha value is -3.82. The molecule has 0 bridgehead atoms. The van der Waals surface area contributed by atoms with E-state index in [0.29, 0.717) is 17.7 Å². The van der Waals surface area contributed by atoms with E-state index in [1.807, 2.05) is 44.0 Å². The van der Waals surface area contributed by atoms with E-state index in [4.69, 9.17) is 0 Å². The Labute approximate surface area is 204 Å². The number of hydrogen-bond donors (Lipinski definition) is 2. The van der Waals surface area contributed by atoms with Crippen LogP contribution in [0.3, 0.4) is 0 Å². The van der Waals surface area contributed by atoms with Crippen molar-refractivity contribution in [1.29, 1.82) is 0 Å². The fraction of sp³-hybridized carbons (Fsp3) is 0.440. The molecule has 0 saturated heterocycles. The van der Waals surface area contributed by atoms with Gasteiger partial charge in [0.05, 0.1) is 23.5 Å². The molecule has 0 aliphatic carbocycles. The lowest BCUT2D eigenvalue weighted by Gasteiger charge is -2.19. The van der Waals surface area contributed by atoms with Gasteiger partial charge >= 0.3 is 0 Å². The normalized spacial score (nSPS) is 12.5. The monoisotopic (exact) mass is 476 g/mol. The second-order valence-corrected chi connectivity index (χ2v) is 9.31. The maximum Gasteiger partial charge on any atom is 0.253 e. The summed E-state index contributed by atoms with van der Waals surface area (Å²) in [4.78, 5) is 34.6. The summed E-state index contributed by atoms with van der Waals surface area (Å²) in [5.41, 5.74) is 2.42. The highest BCUT2D eigenvalue weighted by molar-refractivity contribution is 5.98. The van der Waals surface area contributed by atoms with Gasteiger partial charge in [-0.05, 0) is 46.2 Å². The summed E-state index contributed by atoms with van der Waals surface area (Å²) in [5, 5.41) is 16.3. The van der Waals surface area contributed by atoms with Gasteiger partial charge in [-0.2, -0.15) is 10.2 Å². The molecule has 0 radical (unpaired) electrons. The van der Waals surface area contributed by atoms with Gasteiger partial charge in [0, 0.05) is 47.8 Å². The molecular weight excluding hydrogens is 444 g/mol. The molecule has 1 atom stereocenters. The molecule has 4 aromatic heterocycles. The second-order valence-electron chi connectivity index (χ2n) is 9.31. The Bertz CT molecular complexity index is 1350. The molecule has 4 rings (SSSR count). The highest BCUT2D eigenvalue weighted by Gasteiger charge is 2.18. The topological polar surface area (TPSA) is 120 Å². The number of nitrogens with one attached hydrogen (secondary N) is 2. The molecular formula is C25H32N8O2. The zero-order valence-corrected chi connectivity index (χ0v) is 20.8. The first kappa shape index (κ1) is 24.3. The predicted octanol–water partition coefficient (Wildman–Crippen LogP) is 3.67. The largest absolute Gasteiger partial charge is 0.350 e. The third-order valence-corrected chi connectivity index (χ3v) is 5.85. The van der Waals surface area contributed by atoms with E-state index < -0.39 is 0 Å². The zero-order valence-electron chi connectivity index (χ0n) is 20.8. The molecule has 0 aliphatic rings. The lowest BCUT2D eigenvalue weighted by Crippen LogP contribution is -2.43. The lowest BCUT2D eigenvalue weighted by molar-refractivity contribution is 0.0906. The van der Waals surface area contributed by atoms with E-state index >= 15 is 0 Å². The maximum absolute atomic E-state index is 12.9. The van der Waals surface area contributed by atoms with Crippen LogP contribution in [0.25, 0.3) is 22.1 Å². The van der Waals surface area contributed by atoms with Crippen molar-refractivity contribution in [2.45, 2.75) is 65.6 Å². The van der Waals surface area contributed by atoms with Crippen LogP contribution in [0.2, 0.25) is 0 Å². The van der Waals surface area contributed by atoms with Gasteiger partial charge in [0.15, 0.2) is 11.3 Å². The Morgan fingerprint density at radius 1 is 0.829 bits per heavy atom. The third kappa shape index (κ3) is 5.16. The number of rotatable bonds is 9. The van der Waals surface area contributed by atoms with Crippen LogP contribution < -0.4 is 10.6 Å². The summed E-state index contributed by atoms with van der Waals surface area (Å²) >= 11 is 0. The van der Waals surface area contributed by atoms with Gasteiger partial charge in [-0.25, -0.2) is 19.3 Å². The molecule has 2 N–H and O–H groups in total. The minimum Gasteiger partial charge on any atom is -0.350 e. The number of aromatic nitrogens is 6. The minimum atomic E-state index is -0.240. The van der Waals surface area contributed by atoms with Crippen LogP contribution in [0.1, 0.15) is 80.3 Å². The molecule has 0 saturated carbocycles. The molecule has 0 fully saturated rings. The highest BCUT2D eigenvalue weighted by Crippen LogP contribution is 2.18. The van der Waals surface area contributed by atoms with E-state index in [9.17, 15) is 9.59 Å². The van der Waals surface area contributed by atoms with Crippen LogP contribution in [0.5, 0.6) is 0 Å². The maximum atomic E-state index is 12.9. The lowest BCUT2D eigenvalue weighted by atomic mass is 10.1. The summed E-state index contributed by atoms with van der Waals surface area (Å²) in [5.74, 6) is -0.468. The van der Waals surface area contributed by atoms with Crippen molar-refractivity contribution in [3.05, 3.63) is 48.0 Å². The van der Waals surface area contributed by atoms with E-state index in [-0.39, 0.29) is 29.9 Å². The average molecular weight is 477 g/mol. The number of hydrogen-bond acceptors (Lipinski definition) is 6. The number of amides is 2. The number of carbonyl (C=O) groups is 2. The van der Waals surface area contributed by atoms with Crippen LogP contribution in [-0.4, -0.2) is 53.9 Å². The second kappa shape index (κ2) is 10.2. The van der Waals surface area contributed by atoms with Crippen LogP contribution in [0.4, 0.5) is 0 Å². The van der Waals surface area contributed by atoms with E-state index in [1.54, 1.807) is 36.9 Å². The summed E-state index contributed by atoms with van der Waals surface area (Å²) < 4.78 is 3.65. The van der Waals surface area contributed by atoms with Crippen molar-refractivity contribution < 1.29 is 9.59 Å². The standard InChI is InChI=1S/C25H32N8O2/c1-6-7-21(31-25(35)20-9-18-13-30-33(16(4)5)23(18)27-11-20)14-28-24(34)19-8-17-12-29-32(15(2)3)22(17)26-10-19/h8-13,15-16,21H,6-7,14H2,1-5H3,(H,28,34)(H,31,35). The number of carbonyl (C=O) groups excluding carboxylic acids is 2. The van der Waals surface area contributed by atoms with Gasteiger partial charge in [-0.15, -0.1) is 0 Å². The van der Waals surface area contributed by atoms with Gasteiger partial charge in [0.2, 0.25) is 0 Å². The van der Waals surface area contributed by atoms with Crippen LogP contribution in [-0.2, 0) is 0 Å². The van der Waals surface area contributed by atoms with Crippen molar-refractivity contribution >= 4 is 33.9 Å². The minimum absolute atomic E-state index is 0.180. The zero-order chi connectivity index (χ0) is 25.1. The predicted molar refractivity (Wildman–Crippen MR) is 134 cm³/mol. The Morgan fingerprint density at radius 3 is 1.83 bits per heavy atom. The van der Waals surface area contributed by atoms with Gasteiger partial charge in [-0.3, -0.25) is 9.59 Å².